The zero-order valence-corrected chi connectivity index (χ0v) is 19.4. The maximum Gasteiger partial charge on any atom is 0.102 e. The van der Waals surface area contributed by atoms with Crippen LogP contribution >= 0.6 is 0 Å². The van der Waals surface area contributed by atoms with Gasteiger partial charge < -0.3 is 10.2 Å². The normalized spacial score (nSPS) is 46.3. The van der Waals surface area contributed by atoms with Crippen LogP contribution in [0.4, 0.5) is 0 Å². The lowest BCUT2D eigenvalue weighted by molar-refractivity contribution is -0.126. The summed E-state index contributed by atoms with van der Waals surface area (Å²) in [5.41, 5.74) is -0.541. The van der Waals surface area contributed by atoms with Gasteiger partial charge in [-0.25, -0.2) is 0 Å². The summed E-state index contributed by atoms with van der Waals surface area (Å²) < 4.78 is 1.75. The lowest BCUT2D eigenvalue weighted by atomic mass is 9.48. The van der Waals surface area contributed by atoms with Crippen molar-refractivity contribution in [3.63, 3.8) is 0 Å². The van der Waals surface area contributed by atoms with Gasteiger partial charge in [-0.2, -0.15) is 10.4 Å². The summed E-state index contributed by atoms with van der Waals surface area (Å²) in [5.74, 6) is 4.10. The van der Waals surface area contributed by atoms with Gasteiger partial charge in [-0.1, -0.05) is 6.92 Å². The van der Waals surface area contributed by atoms with Crippen molar-refractivity contribution in [2.24, 2.45) is 40.9 Å². The van der Waals surface area contributed by atoms with Crippen LogP contribution in [0, 0.1) is 52.3 Å². The Morgan fingerprint density at radius 1 is 1.13 bits per heavy atom. The zero-order valence-electron chi connectivity index (χ0n) is 19.4. The lowest BCUT2D eigenvalue weighted by Gasteiger charge is -2.58. The number of nitriles is 1. The van der Waals surface area contributed by atoms with Crippen LogP contribution in [0.1, 0.15) is 84.1 Å². The maximum absolute atomic E-state index is 11.6. The zero-order chi connectivity index (χ0) is 22.0. The molecule has 4 aliphatic rings. The molecule has 9 atom stereocenters. The van der Waals surface area contributed by atoms with Crippen molar-refractivity contribution in [3.05, 3.63) is 18.0 Å². The van der Waals surface area contributed by atoms with Gasteiger partial charge in [0.2, 0.25) is 0 Å². The quantitative estimate of drug-likeness (QED) is 0.746. The van der Waals surface area contributed by atoms with Crippen LogP contribution in [0.15, 0.2) is 12.4 Å². The van der Waals surface area contributed by atoms with Crippen LogP contribution in [0.2, 0.25) is 0 Å². The largest absolute Gasteiger partial charge is 0.390 e. The highest BCUT2D eigenvalue weighted by Crippen LogP contribution is 2.66. The Balaban J connectivity index is 1.33. The Kier molecular flexibility index (Phi) is 5.07. The van der Waals surface area contributed by atoms with E-state index in [1.54, 1.807) is 17.1 Å². The van der Waals surface area contributed by atoms with Gasteiger partial charge >= 0.3 is 0 Å². The minimum atomic E-state index is -0.824. The van der Waals surface area contributed by atoms with Gasteiger partial charge in [-0.15, -0.1) is 0 Å². The molecule has 1 unspecified atom stereocenters. The molecular weight excluding hydrogens is 386 g/mol. The molecule has 2 N–H and O–H groups in total. The minimum Gasteiger partial charge on any atom is -0.390 e. The molecule has 4 aliphatic carbocycles. The Labute approximate surface area is 186 Å². The number of rotatable bonds is 3. The van der Waals surface area contributed by atoms with Gasteiger partial charge in [-0.05, 0) is 113 Å². The Morgan fingerprint density at radius 2 is 1.90 bits per heavy atom. The molecule has 5 heteroatoms. The van der Waals surface area contributed by atoms with Crippen molar-refractivity contribution < 1.29 is 10.2 Å². The van der Waals surface area contributed by atoms with E-state index in [4.69, 9.17) is 5.26 Å². The molecule has 0 spiro atoms. The molecule has 0 bridgehead atoms. The highest BCUT2D eigenvalue weighted by Gasteiger charge is 2.60. The van der Waals surface area contributed by atoms with E-state index in [9.17, 15) is 10.2 Å². The smallest absolute Gasteiger partial charge is 0.102 e. The fourth-order valence-corrected chi connectivity index (χ4v) is 9.05. The third kappa shape index (κ3) is 3.55. The number of aliphatic hydroxyl groups is 2. The van der Waals surface area contributed by atoms with Crippen LogP contribution < -0.4 is 0 Å². The van der Waals surface area contributed by atoms with Crippen molar-refractivity contribution in [1.29, 1.82) is 5.26 Å². The monoisotopic (exact) mass is 425 g/mol. The summed E-state index contributed by atoms with van der Waals surface area (Å²) in [7, 11) is 0. The number of fused-ring (bicyclic) bond motifs is 5. The van der Waals surface area contributed by atoms with Gasteiger partial charge in [-0.3, -0.25) is 4.68 Å². The minimum absolute atomic E-state index is 0.183. The van der Waals surface area contributed by atoms with Gasteiger partial charge in [0.1, 0.15) is 6.07 Å². The summed E-state index contributed by atoms with van der Waals surface area (Å²) in [6.07, 6.45) is 13.9. The fraction of sp³-hybridized carbons (Fsp3) is 0.846. The van der Waals surface area contributed by atoms with Gasteiger partial charge in [0.05, 0.1) is 29.5 Å². The van der Waals surface area contributed by atoms with Crippen LogP contribution in [-0.2, 0) is 6.54 Å². The molecule has 0 radical (unpaired) electrons. The highest BCUT2D eigenvalue weighted by atomic mass is 16.3. The van der Waals surface area contributed by atoms with Gasteiger partial charge in [0.15, 0.2) is 0 Å². The summed E-state index contributed by atoms with van der Waals surface area (Å²) in [5, 5.41) is 35.6. The third-order valence-corrected chi connectivity index (χ3v) is 10.2. The molecule has 5 rings (SSSR count). The second kappa shape index (κ2) is 7.32. The first-order valence-electron chi connectivity index (χ1n) is 12.5. The summed E-state index contributed by atoms with van der Waals surface area (Å²) in [6, 6.07) is 2.13. The molecule has 170 valence electrons. The standard InChI is InChI=1S/C26H39N3O2/c1-24(30)10-8-19-18(12-24)4-5-21-20(19)9-11-25(2)22(21)6-7-23(25)26(3,31)16-29-15-17(13-27)14-28-29/h14-15,18-23,30-31H,4-12,16H2,1-3H3/t18-,19+,20-,21-,22+,23+,24-,25+,26?/m1/s1. The lowest BCUT2D eigenvalue weighted by Crippen LogP contribution is -2.53. The maximum atomic E-state index is 11.6. The van der Waals surface area contributed by atoms with E-state index in [0.717, 1.165) is 37.0 Å². The summed E-state index contributed by atoms with van der Waals surface area (Å²) >= 11 is 0. The first-order valence-corrected chi connectivity index (χ1v) is 12.5. The van der Waals surface area contributed by atoms with Crippen LogP contribution in [0.25, 0.3) is 0 Å². The van der Waals surface area contributed by atoms with E-state index in [0.29, 0.717) is 23.9 Å². The molecule has 0 amide bonds. The van der Waals surface area contributed by atoms with Gasteiger partial charge in [0.25, 0.3) is 0 Å². The molecule has 5 nitrogen and oxygen atoms in total. The predicted molar refractivity (Wildman–Crippen MR) is 119 cm³/mol. The van der Waals surface area contributed by atoms with E-state index in [-0.39, 0.29) is 11.3 Å². The SMILES string of the molecule is CC(O)(Cn1cc(C#N)cn1)[C@H]1CC[C@H]2[C@@H]3CC[C@@H]4C[C@](C)(O)CC[C@@H]4[C@H]3CC[C@]12C. The summed E-state index contributed by atoms with van der Waals surface area (Å²) in [6.45, 7) is 6.94. The number of hydrogen-bond acceptors (Lipinski definition) is 4. The molecule has 0 aromatic carbocycles. The van der Waals surface area contributed by atoms with Crippen molar-refractivity contribution in [1.82, 2.24) is 9.78 Å². The van der Waals surface area contributed by atoms with Crippen LogP contribution in [-0.4, -0.2) is 31.2 Å². The van der Waals surface area contributed by atoms with E-state index >= 15 is 0 Å². The highest BCUT2D eigenvalue weighted by molar-refractivity contribution is 5.21. The predicted octanol–water partition coefficient (Wildman–Crippen LogP) is 4.53. The molecule has 4 saturated carbocycles. The van der Waals surface area contributed by atoms with Crippen molar-refractivity contribution in [3.8, 4) is 6.07 Å². The van der Waals surface area contributed by atoms with Crippen molar-refractivity contribution >= 4 is 0 Å². The average molecular weight is 426 g/mol. The third-order valence-electron chi connectivity index (χ3n) is 10.2. The van der Waals surface area contributed by atoms with E-state index < -0.39 is 11.2 Å². The fourth-order valence-electron chi connectivity index (χ4n) is 9.05. The van der Waals surface area contributed by atoms with E-state index in [2.05, 4.69) is 18.1 Å². The average Bonchev–Trinajstić information content (AvgIpc) is 3.30. The Bertz CT molecular complexity index is 868. The molecule has 0 saturated heterocycles. The van der Waals surface area contributed by atoms with Crippen molar-refractivity contribution in [2.45, 2.75) is 96.3 Å². The molecule has 4 fully saturated rings. The first kappa shape index (κ1) is 21.5. The van der Waals surface area contributed by atoms with Crippen LogP contribution in [0.3, 0.4) is 0 Å². The number of hydrogen-bond donors (Lipinski definition) is 2. The first-order chi connectivity index (χ1) is 14.6. The second-order valence-corrected chi connectivity index (χ2v) is 12.2. The van der Waals surface area contributed by atoms with E-state index in [1.807, 2.05) is 13.8 Å². The van der Waals surface area contributed by atoms with E-state index in [1.165, 1.54) is 38.5 Å². The Morgan fingerprint density at radius 3 is 2.65 bits per heavy atom. The topological polar surface area (TPSA) is 82.1 Å². The molecule has 1 heterocycles. The number of nitrogens with zero attached hydrogens (tertiary/aromatic N) is 3. The summed E-state index contributed by atoms with van der Waals surface area (Å²) in [4.78, 5) is 0. The molecular formula is C26H39N3O2. The van der Waals surface area contributed by atoms with Crippen molar-refractivity contribution in [2.75, 3.05) is 0 Å². The van der Waals surface area contributed by atoms with Gasteiger partial charge in [0, 0.05) is 6.20 Å². The second-order valence-electron chi connectivity index (χ2n) is 12.2. The molecule has 31 heavy (non-hydrogen) atoms. The molecule has 1 aromatic rings. The Hall–Kier alpha value is -1.38. The van der Waals surface area contributed by atoms with Crippen LogP contribution in [0.5, 0.6) is 0 Å². The molecule has 0 aliphatic heterocycles. The number of aromatic nitrogens is 2. The molecule has 1 aromatic heterocycles.